The molecule has 0 aromatic heterocycles. The number of hydrogen-bond donors (Lipinski definition) is 1. The highest BCUT2D eigenvalue weighted by atomic mass is 16.5. The molecule has 0 aliphatic carbocycles. The van der Waals surface area contributed by atoms with Gasteiger partial charge in [0, 0.05) is 6.42 Å². The van der Waals surface area contributed by atoms with Crippen molar-refractivity contribution >= 4 is 5.97 Å². The van der Waals surface area contributed by atoms with Crippen molar-refractivity contribution in [2.45, 2.75) is 40.0 Å². The van der Waals surface area contributed by atoms with E-state index in [0.717, 1.165) is 12.2 Å². The Kier molecular flexibility index (Phi) is 8.84. The minimum Gasteiger partial charge on any atom is -0.494 e. The number of aryl methyl sites for hydroxylation is 1. The molecule has 0 aliphatic heterocycles. The van der Waals surface area contributed by atoms with Gasteiger partial charge >= 0.3 is 5.97 Å². The van der Waals surface area contributed by atoms with Crippen molar-refractivity contribution < 1.29 is 14.6 Å². The van der Waals surface area contributed by atoms with E-state index in [1.54, 1.807) is 0 Å². The number of benzene rings is 1. The third-order valence-electron chi connectivity index (χ3n) is 2.14. The van der Waals surface area contributed by atoms with Gasteiger partial charge in [0.2, 0.25) is 0 Å². The van der Waals surface area contributed by atoms with Crippen molar-refractivity contribution in [2.24, 2.45) is 0 Å². The van der Waals surface area contributed by atoms with Crippen molar-refractivity contribution in [3.63, 3.8) is 0 Å². The lowest BCUT2D eigenvalue weighted by molar-refractivity contribution is -0.137. The molecule has 0 atom stereocenters. The zero-order valence-corrected chi connectivity index (χ0v) is 10.9. The molecule has 3 heteroatoms. The van der Waals surface area contributed by atoms with Crippen molar-refractivity contribution in [2.75, 3.05) is 6.61 Å². The van der Waals surface area contributed by atoms with E-state index in [4.69, 9.17) is 9.84 Å². The predicted octanol–water partition coefficient (Wildman–Crippen LogP) is 3.52. The van der Waals surface area contributed by atoms with Crippen molar-refractivity contribution in [1.29, 1.82) is 0 Å². The van der Waals surface area contributed by atoms with Gasteiger partial charge in [-0.15, -0.1) is 0 Å². The third kappa shape index (κ3) is 7.39. The Morgan fingerprint density at radius 1 is 1.24 bits per heavy atom. The van der Waals surface area contributed by atoms with Crippen molar-refractivity contribution in [1.82, 2.24) is 0 Å². The standard InChI is InChI=1S/C12H16O3.C2H6/c1-2-10-5-7-11(8-6-10)15-9-3-4-12(13)14;1-2/h5-8H,2-4,9H2,1H3,(H,13,14);1-2H3. The predicted molar refractivity (Wildman–Crippen MR) is 69.5 cm³/mol. The van der Waals surface area contributed by atoms with Crippen LogP contribution in [-0.4, -0.2) is 17.7 Å². The maximum absolute atomic E-state index is 10.2. The monoisotopic (exact) mass is 238 g/mol. The molecule has 1 aromatic carbocycles. The molecule has 96 valence electrons. The van der Waals surface area contributed by atoms with Gasteiger partial charge < -0.3 is 9.84 Å². The molecule has 0 fully saturated rings. The van der Waals surface area contributed by atoms with Gasteiger partial charge in [-0.1, -0.05) is 32.9 Å². The van der Waals surface area contributed by atoms with Gasteiger partial charge in [-0.3, -0.25) is 4.79 Å². The number of carbonyl (C=O) groups is 1. The summed E-state index contributed by atoms with van der Waals surface area (Å²) in [5.74, 6) is 0.0255. The number of carboxylic acids is 1. The van der Waals surface area contributed by atoms with E-state index >= 15 is 0 Å². The van der Waals surface area contributed by atoms with Crippen LogP contribution in [0.15, 0.2) is 24.3 Å². The van der Waals surface area contributed by atoms with E-state index in [-0.39, 0.29) is 6.42 Å². The first-order chi connectivity index (χ1) is 8.22. The van der Waals surface area contributed by atoms with Gasteiger partial charge in [0.25, 0.3) is 0 Å². The molecule has 1 aromatic rings. The second-order valence-corrected chi connectivity index (χ2v) is 3.34. The molecule has 17 heavy (non-hydrogen) atoms. The van der Waals surface area contributed by atoms with E-state index in [1.807, 2.05) is 38.1 Å². The van der Waals surface area contributed by atoms with Gasteiger partial charge in [-0.2, -0.15) is 0 Å². The fraction of sp³-hybridized carbons (Fsp3) is 0.500. The number of carboxylic acid groups (broad SMARTS) is 1. The lowest BCUT2D eigenvalue weighted by Gasteiger charge is -2.05. The Morgan fingerprint density at radius 2 is 1.82 bits per heavy atom. The zero-order chi connectivity index (χ0) is 13.1. The Bertz CT molecular complexity index is 304. The van der Waals surface area contributed by atoms with Gasteiger partial charge in [0.05, 0.1) is 6.61 Å². The molecule has 1 N–H and O–H groups in total. The molecule has 0 heterocycles. The molecule has 0 saturated heterocycles. The molecule has 1 rings (SSSR count). The topological polar surface area (TPSA) is 46.5 Å². The third-order valence-corrected chi connectivity index (χ3v) is 2.14. The summed E-state index contributed by atoms with van der Waals surface area (Å²) in [6.07, 6.45) is 1.72. The van der Waals surface area contributed by atoms with Gasteiger partial charge in [0.1, 0.15) is 5.75 Å². The van der Waals surface area contributed by atoms with E-state index in [9.17, 15) is 4.79 Å². The molecule has 0 bridgehead atoms. The summed E-state index contributed by atoms with van der Waals surface area (Å²) in [5, 5.41) is 8.42. The maximum Gasteiger partial charge on any atom is 0.303 e. The fourth-order valence-electron chi connectivity index (χ4n) is 1.23. The van der Waals surface area contributed by atoms with Crippen LogP contribution < -0.4 is 4.74 Å². The first-order valence-electron chi connectivity index (χ1n) is 6.16. The van der Waals surface area contributed by atoms with Crippen LogP contribution in [0, 0.1) is 0 Å². The number of hydrogen-bond acceptors (Lipinski definition) is 2. The SMILES string of the molecule is CC.CCc1ccc(OCCCC(=O)O)cc1. The van der Waals surface area contributed by atoms with Crippen molar-refractivity contribution in [3.05, 3.63) is 29.8 Å². The minimum absolute atomic E-state index is 0.160. The average molecular weight is 238 g/mol. The highest BCUT2D eigenvalue weighted by molar-refractivity contribution is 5.66. The molecule has 0 amide bonds. The van der Waals surface area contributed by atoms with E-state index in [1.165, 1.54) is 5.56 Å². The summed E-state index contributed by atoms with van der Waals surface area (Å²) >= 11 is 0. The van der Waals surface area contributed by atoms with Crippen LogP contribution in [0.3, 0.4) is 0 Å². The molecule has 0 spiro atoms. The minimum atomic E-state index is -0.778. The lowest BCUT2D eigenvalue weighted by Crippen LogP contribution is -2.01. The highest BCUT2D eigenvalue weighted by Gasteiger charge is 1.97. The second-order valence-electron chi connectivity index (χ2n) is 3.34. The second kappa shape index (κ2) is 9.70. The Balaban J connectivity index is 0.00000121. The fourth-order valence-corrected chi connectivity index (χ4v) is 1.23. The van der Waals surface area contributed by atoms with Gasteiger partial charge in [-0.05, 0) is 30.5 Å². The van der Waals surface area contributed by atoms with Crippen LogP contribution in [0.1, 0.15) is 39.2 Å². The number of ether oxygens (including phenoxy) is 1. The zero-order valence-electron chi connectivity index (χ0n) is 10.9. The van der Waals surface area contributed by atoms with Crippen molar-refractivity contribution in [3.8, 4) is 5.75 Å². The molecular formula is C14H22O3. The molecule has 0 saturated carbocycles. The first kappa shape index (κ1) is 15.5. The first-order valence-corrected chi connectivity index (χ1v) is 6.16. The van der Waals surface area contributed by atoms with E-state index in [0.29, 0.717) is 13.0 Å². The normalized spacial score (nSPS) is 9.12. The highest BCUT2D eigenvalue weighted by Crippen LogP contribution is 2.12. The summed E-state index contributed by atoms with van der Waals surface area (Å²) in [4.78, 5) is 10.2. The van der Waals surface area contributed by atoms with Crippen LogP contribution >= 0.6 is 0 Å². The summed E-state index contributed by atoms with van der Waals surface area (Å²) in [6, 6.07) is 7.87. The van der Waals surface area contributed by atoms with Crippen LogP contribution in [0.25, 0.3) is 0 Å². The summed E-state index contributed by atoms with van der Waals surface area (Å²) in [5.41, 5.74) is 1.27. The van der Waals surface area contributed by atoms with Crippen LogP contribution in [-0.2, 0) is 11.2 Å². The Morgan fingerprint density at radius 3 is 2.29 bits per heavy atom. The number of rotatable bonds is 6. The molecule has 0 unspecified atom stereocenters. The van der Waals surface area contributed by atoms with E-state index < -0.39 is 5.97 Å². The molecular weight excluding hydrogens is 216 g/mol. The average Bonchev–Trinajstić information content (AvgIpc) is 2.37. The van der Waals surface area contributed by atoms with Gasteiger partial charge in [0.15, 0.2) is 0 Å². The molecule has 3 nitrogen and oxygen atoms in total. The molecule has 0 aliphatic rings. The van der Waals surface area contributed by atoms with Crippen LogP contribution in [0.2, 0.25) is 0 Å². The molecule has 0 radical (unpaired) electrons. The summed E-state index contributed by atoms with van der Waals surface area (Å²) in [6.45, 7) is 6.56. The van der Waals surface area contributed by atoms with E-state index in [2.05, 4.69) is 6.92 Å². The smallest absolute Gasteiger partial charge is 0.303 e. The van der Waals surface area contributed by atoms with Crippen LogP contribution in [0.5, 0.6) is 5.75 Å². The van der Waals surface area contributed by atoms with Gasteiger partial charge in [-0.25, -0.2) is 0 Å². The summed E-state index contributed by atoms with van der Waals surface area (Å²) in [7, 11) is 0. The number of aliphatic carboxylic acids is 1. The van der Waals surface area contributed by atoms with Crippen LogP contribution in [0.4, 0.5) is 0 Å². The quantitative estimate of drug-likeness (QED) is 0.771. The largest absolute Gasteiger partial charge is 0.494 e. The Hall–Kier alpha value is -1.51. The lowest BCUT2D eigenvalue weighted by atomic mass is 10.2. The summed E-state index contributed by atoms with van der Waals surface area (Å²) < 4.78 is 5.39. The Labute approximate surface area is 103 Å². The maximum atomic E-state index is 10.2.